The molecule has 0 aromatic heterocycles. The molecule has 4 nitrogen and oxygen atoms in total. The molecule has 0 amide bonds. The number of ketones is 1. The van der Waals surface area contributed by atoms with E-state index >= 15 is 0 Å². The van der Waals surface area contributed by atoms with E-state index in [1.165, 1.54) is 20.3 Å². The van der Waals surface area contributed by atoms with Crippen LogP contribution < -0.4 is 0 Å². The van der Waals surface area contributed by atoms with Crippen LogP contribution in [-0.2, 0) is 19.1 Å². The summed E-state index contributed by atoms with van der Waals surface area (Å²) in [5.74, 6) is -0.0520. The first kappa shape index (κ1) is 10.9. The maximum absolute atomic E-state index is 12.0. The van der Waals surface area contributed by atoms with Crippen LogP contribution in [0.25, 0.3) is 0 Å². The second kappa shape index (κ2) is 3.47. The van der Waals surface area contributed by atoms with Gasteiger partial charge in [-0.2, -0.15) is 0 Å². The van der Waals surface area contributed by atoms with Crippen molar-refractivity contribution in [1.29, 1.82) is 0 Å². The molecule has 2 aliphatic carbocycles. The highest BCUT2D eigenvalue weighted by molar-refractivity contribution is 6.13. The largest absolute Gasteiger partial charge is 0.501 e. The number of esters is 1. The predicted molar refractivity (Wildman–Crippen MR) is 56.4 cm³/mol. The summed E-state index contributed by atoms with van der Waals surface area (Å²) in [5.41, 5.74) is -0.515. The van der Waals surface area contributed by atoms with Gasteiger partial charge in [-0.3, -0.25) is 9.59 Å². The molecule has 0 N–H and O–H groups in total. The SMILES string of the molecule is C=C1C[C@H]2C[C@]1(C(=O)OC)C(=O)C=C2OC. The molecular formula is C12H14O4. The number of carbonyl (C=O) groups excluding carboxylic acids is 2. The van der Waals surface area contributed by atoms with Gasteiger partial charge in [0, 0.05) is 12.0 Å². The quantitative estimate of drug-likeness (QED) is 0.400. The summed E-state index contributed by atoms with van der Waals surface area (Å²) in [5, 5.41) is 0. The Morgan fingerprint density at radius 1 is 1.56 bits per heavy atom. The van der Waals surface area contributed by atoms with E-state index in [0.29, 0.717) is 24.2 Å². The van der Waals surface area contributed by atoms with Gasteiger partial charge in [0.05, 0.1) is 14.2 Å². The number of rotatable bonds is 2. The van der Waals surface area contributed by atoms with Crippen molar-refractivity contribution in [2.24, 2.45) is 11.3 Å². The third kappa shape index (κ3) is 1.16. The van der Waals surface area contributed by atoms with Crippen LogP contribution in [0, 0.1) is 11.3 Å². The molecule has 2 aliphatic rings. The minimum atomic E-state index is -1.15. The Bertz CT molecular complexity index is 407. The van der Waals surface area contributed by atoms with Gasteiger partial charge in [0.15, 0.2) is 11.2 Å². The molecule has 0 heterocycles. The monoisotopic (exact) mass is 222 g/mol. The summed E-state index contributed by atoms with van der Waals surface area (Å²) in [6.07, 6.45) is 2.45. The van der Waals surface area contributed by atoms with E-state index in [4.69, 9.17) is 9.47 Å². The number of hydrogen-bond acceptors (Lipinski definition) is 4. The Hall–Kier alpha value is -1.58. The molecule has 0 radical (unpaired) electrons. The molecule has 0 saturated heterocycles. The average Bonchev–Trinajstić information content (AvgIpc) is 2.59. The summed E-state index contributed by atoms with van der Waals surface area (Å²) in [6.45, 7) is 3.85. The Morgan fingerprint density at radius 3 is 2.81 bits per heavy atom. The zero-order valence-electron chi connectivity index (χ0n) is 9.41. The normalized spacial score (nSPS) is 32.4. The van der Waals surface area contributed by atoms with E-state index in [0.717, 1.165) is 0 Å². The fraction of sp³-hybridized carbons (Fsp3) is 0.500. The molecule has 0 spiro atoms. The van der Waals surface area contributed by atoms with Gasteiger partial charge in [-0.15, -0.1) is 0 Å². The molecule has 0 aromatic rings. The number of fused-ring (bicyclic) bond motifs is 2. The number of methoxy groups -OCH3 is 2. The van der Waals surface area contributed by atoms with E-state index in [-0.39, 0.29) is 11.7 Å². The first-order valence-corrected chi connectivity index (χ1v) is 5.13. The highest BCUT2D eigenvalue weighted by Gasteiger charge is 2.57. The van der Waals surface area contributed by atoms with Crippen LogP contribution in [0.4, 0.5) is 0 Å². The Labute approximate surface area is 93.9 Å². The average molecular weight is 222 g/mol. The van der Waals surface area contributed by atoms with Crippen molar-refractivity contribution in [1.82, 2.24) is 0 Å². The molecule has 4 heteroatoms. The number of allylic oxidation sites excluding steroid dienone is 2. The third-order valence-electron chi connectivity index (χ3n) is 3.51. The van der Waals surface area contributed by atoms with Crippen molar-refractivity contribution in [2.45, 2.75) is 12.8 Å². The predicted octanol–water partition coefficient (Wildman–Crippen LogP) is 1.23. The molecule has 2 bridgehead atoms. The summed E-state index contributed by atoms with van der Waals surface area (Å²) in [4.78, 5) is 23.8. The first-order valence-electron chi connectivity index (χ1n) is 5.13. The molecule has 16 heavy (non-hydrogen) atoms. The van der Waals surface area contributed by atoms with Gasteiger partial charge in [0.25, 0.3) is 0 Å². The molecule has 86 valence electrons. The molecule has 2 atom stereocenters. The fourth-order valence-corrected chi connectivity index (χ4v) is 2.63. The minimum Gasteiger partial charge on any atom is -0.501 e. The topological polar surface area (TPSA) is 52.6 Å². The highest BCUT2D eigenvalue weighted by Crippen LogP contribution is 2.52. The molecular weight excluding hydrogens is 208 g/mol. The van der Waals surface area contributed by atoms with Gasteiger partial charge in [-0.1, -0.05) is 12.2 Å². The number of hydrogen-bond donors (Lipinski definition) is 0. The smallest absolute Gasteiger partial charge is 0.323 e. The third-order valence-corrected chi connectivity index (χ3v) is 3.51. The van der Waals surface area contributed by atoms with Crippen molar-refractivity contribution in [2.75, 3.05) is 14.2 Å². The van der Waals surface area contributed by atoms with E-state index < -0.39 is 11.4 Å². The van der Waals surface area contributed by atoms with Crippen molar-refractivity contribution >= 4 is 11.8 Å². The van der Waals surface area contributed by atoms with Crippen LogP contribution in [-0.4, -0.2) is 26.0 Å². The van der Waals surface area contributed by atoms with Gasteiger partial charge < -0.3 is 9.47 Å². The molecule has 1 fully saturated rings. The molecule has 0 aliphatic heterocycles. The van der Waals surface area contributed by atoms with Gasteiger partial charge in [-0.25, -0.2) is 0 Å². The number of ether oxygens (including phenoxy) is 2. The molecule has 1 saturated carbocycles. The maximum Gasteiger partial charge on any atom is 0.323 e. The fourth-order valence-electron chi connectivity index (χ4n) is 2.63. The van der Waals surface area contributed by atoms with Crippen LogP contribution in [0.1, 0.15) is 12.8 Å². The molecule has 0 unspecified atom stereocenters. The van der Waals surface area contributed by atoms with Crippen LogP contribution in [0.2, 0.25) is 0 Å². The Balaban J connectivity index is 2.48. The highest BCUT2D eigenvalue weighted by atomic mass is 16.5. The Morgan fingerprint density at radius 2 is 2.25 bits per heavy atom. The van der Waals surface area contributed by atoms with E-state index in [1.54, 1.807) is 0 Å². The second-order valence-corrected chi connectivity index (χ2v) is 4.22. The van der Waals surface area contributed by atoms with Crippen LogP contribution in [0.5, 0.6) is 0 Å². The maximum atomic E-state index is 12.0. The molecule has 2 rings (SSSR count). The van der Waals surface area contributed by atoms with E-state index in [9.17, 15) is 9.59 Å². The first-order chi connectivity index (χ1) is 7.56. The lowest BCUT2D eigenvalue weighted by atomic mass is 9.75. The lowest BCUT2D eigenvalue weighted by molar-refractivity contribution is -0.154. The van der Waals surface area contributed by atoms with Gasteiger partial charge in [-0.05, 0) is 12.8 Å². The Kier molecular flexibility index (Phi) is 2.37. The van der Waals surface area contributed by atoms with Crippen molar-refractivity contribution in [3.8, 4) is 0 Å². The lowest BCUT2D eigenvalue weighted by Crippen LogP contribution is -2.40. The van der Waals surface area contributed by atoms with Crippen molar-refractivity contribution < 1.29 is 19.1 Å². The standard InChI is InChI=1S/C12H14O4/c1-7-4-8-6-12(7,11(14)16-3)10(13)5-9(8)15-2/h5,8H,1,4,6H2,2-3H3/t8-,12+/m0/s1. The molecule has 0 aromatic carbocycles. The summed E-state index contributed by atoms with van der Waals surface area (Å²) in [7, 11) is 2.83. The summed E-state index contributed by atoms with van der Waals surface area (Å²) >= 11 is 0. The summed E-state index contributed by atoms with van der Waals surface area (Å²) < 4.78 is 9.88. The minimum absolute atomic E-state index is 0.0781. The zero-order chi connectivity index (χ0) is 11.9. The lowest BCUT2D eigenvalue weighted by Gasteiger charge is -2.28. The van der Waals surface area contributed by atoms with Crippen molar-refractivity contribution in [3.63, 3.8) is 0 Å². The number of carbonyl (C=O) groups is 2. The van der Waals surface area contributed by atoms with Crippen LogP contribution in [0.15, 0.2) is 24.0 Å². The van der Waals surface area contributed by atoms with Crippen LogP contribution in [0.3, 0.4) is 0 Å². The van der Waals surface area contributed by atoms with Crippen molar-refractivity contribution in [3.05, 3.63) is 24.0 Å². The van der Waals surface area contributed by atoms with E-state index in [1.807, 2.05) is 0 Å². The van der Waals surface area contributed by atoms with Gasteiger partial charge >= 0.3 is 5.97 Å². The summed E-state index contributed by atoms with van der Waals surface area (Å²) in [6, 6.07) is 0. The second-order valence-electron chi connectivity index (χ2n) is 4.22. The zero-order valence-corrected chi connectivity index (χ0v) is 9.41. The van der Waals surface area contributed by atoms with E-state index in [2.05, 4.69) is 6.58 Å². The van der Waals surface area contributed by atoms with Crippen LogP contribution >= 0.6 is 0 Å². The van der Waals surface area contributed by atoms with Gasteiger partial charge in [0.2, 0.25) is 0 Å². The van der Waals surface area contributed by atoms with Gasteiger partial charge in [0.1, 0.15) is 5.76 Å².